The van der Waals surface area contributed by atoms with Crippen molar-refractivity contribution >= 4 is 5.91 Å². The lowest BCUT2D eigenvalue weighted by Crippen LogP contribution is -2.33. The van der Waals surface area contributed by atoms with Gasteiger partial charge in [0.2, 0.25) is 5.91 Å². The highest BCUT2D eigenvalue weighted by Crippen LogP contribution is 1.99. The molecule has 0 aliphatic carbocycles. The van der Waals surface area contributed by atoms with Gasteiger partial charge in [-0.2, -0.15) is 0 Å². The molecule has 0 aromatic carbocycles. The molecule has 0 aliphatic rings. The fourth-order valence-electron chi connectivity index (χ4n) is 1.37. The summed E-state index contributed by atoms with van der Waals surface area (Å²) in [6, 6.07) is 3.86. The van der Waals surface area contributed by atoms with Gasteiger partial charge in [0.1, 0.15) is 5.76 Å². The van der Waals surface area contributed by atoms with Gasteiger partial charge >= 0.3 is 0 Å². The van der Waals surface area contributed by atoms with Gasteiger partial charge in [-0.3, -0.25) is 4.79 Å². The second-order valence-electron chi connectivity index (χ2n) is 3.52. The second-order valence-corrected chi connectivity index (χ2v) is 3.52. The summed E-state index contributed by atoms with van der Waals surface area (Å²) in [5.41, 5.74) is 0. The van der Waals surface area contributed by atoms with Gasteiger partial charge in [-0.15, -0.1) is 0 Å². The van der Waals surface area contributed by atoms with Crippen LogP contribution in [0.25, 0.3) is 0 Å². The number of nitrogens with one attached hydrogen (secondary N) is 2. The number of carbonyl (C=O) groups is 1. The molecule has 84 valence electrons. The van der Waals surface area contributed by atoms with Crippen LogP contribution in [0.3, 0.4) is 0 Å². The Morgan fingerprint density at radius 2 is 2.40 bits per heavy atom. The van der Waals surface area contributed by atoms with Crippen LogP contribution in [0.2, 0.25) is 0 Å². The number of hydrogen-bond acceptors (Lipinski definition) is 3. The monoisotopic (exact) mass is 210 g/mol. The van der Waals surface area contributed by atoms with E-state index in [0.717, 1.165) is 12.3 Å². The topological polar surface area (TPSA) is 54.3 Å². The van der Waals surface area contributed by atoms with Gasteiger partial charge in [0.15, 0.2) is 0 Å². The Bertz CT molecular complexity index is 283. The largest absolute Gasteiger partial charge is 0.467 e. The Balaban J connectivity index is 2.19. The Kier molecular flexibility index (Phi) is 4.90. The summed E-state index contributed by atoms with van der Waals surface area (Å²) >= 11 is 0. The number of carbonyl (C=O) groups excluding carboxylic acids is 1. The van der Waals surface area contributed by atoms with Crippen molar-refractivity contribution in [1.29, 1.82) is 0 Å². The average molecular weight is 210 g/mol. The fourth-order valence-corrected chi connectivity index (χ4v) is 1.37. The van der Waals surface area contributed by atoms with E-state index in [9.17, 15) is 4.79 Å². The molecule has 1 atom stereocenters. The van der Waals surface area contributed by atoms with E-state index in [0.29, 0.717) is 13.0 Å². The first kappa shape index (κ1) is 11.8. The number of furan rings is 1. The van der Waals surface area contributed by atoms with Crippen molar-refractivity contribution in [3.05, 3.63) is 24.2 Å². The molecular weight excluding hydrogens is 192 g/mol. The van der Waals surface area contributed by atoms with E-state index in [2.05, 4.69) is 10.6 Å². The van der Waals surface area contributed by atoms with E-state index in [1.165, 1.54) is 0 Å². The maximum atomic E-state index is 11.4. The molecule has 0 fully saturated rings. The summed E-state index contributed by atoms with van der Waals surface area (Å²) in [6.45, 7) is 5.37. The molecule has 0 spiro atoms. The van der Waals surface area contributed by atoms with Gasteiger partial charge in [-0.05, 0) is 25.6 Å². The smallest absolute Gasteiger partial charge is 0.221 e. The van der Waals surface area contributed by atoms with E-state index in [-0.39, 0.29) is 11.9 Å². The molecule has 15 heavy (non-hydrogen) atoms. The van der Waals surface area contributed by atoms with E-state index in [4.69, 9.17) is 4.42 Å². The van der Waals surface area contributed by atoms with Crippen LogP contribution in [0.1, 0.15) is 26.0 Å². The minimum absolute atomic E-state index is 0.0415. The molecule has 1 rings (SSSR count). The molecular formula is C11H18N2O2. The normalized spacial score (nSPS) is 12.4. The molecule has 0 saturated heterocycles. The Morgan fingerprint density at radius 3 is 3.00 bits per heavy atom. The third kappa shape index (κ3) is 4.65. The Morgan fingerprint density at radius 1 is 1.60 bits per heavy atom. The summed E-state index contributed by atoms with van der Waals surface area (Å²) in [6.07, 6.45) is 2.09. The van der Waals surface area contributed by atoms with Crippen LogP contribution in [0.15, 0.2) is 22.8 Å². The van der Waals surface area contributed by atoms with Crippen LogP contribution in [0.5, 0.6) is 0 Å². The lowest BCUT2D eigenvalue weighted by Gasteiger charge is -2.11. The molecule has 0 saturated carbocycles. The van der Waals surface area contributed by atoms with Crippen LogP contribution >= 0.6 is 0 Å². The average Bonchev–Trinajstić information content (AvgIpc) is 2.67. The lowest BCUT2D eigenvalue weighted by atomic mass is 10.2. The van der Waals surface area contributed by atoms with Gasteiger partial charge in [0, 0.05) is 12.5 Å². The summed E-state index contributed by atoms with van der Waals surface area (Å²) in [5.74, 6) is 0.819. The molecule has 1 amide bonds. The van der Waals surface area contributed by atoms with Gasteiger partial charge in [0.25, 0.3) is 0 Å². The van der Waals surface area contributed by atoms with Crippen molar-refractivity contribution in [1.82, 2.24) is 10.6 Å². The molecule has 4 nitrogen and oxygen atoms in total. The quantitative estimate of drug-likeness (QED) is 0.743. The fraction of sp³-hybridized carbons (Fsp3) is 0.545. The SMILES string of the molecule is CCNC(C)CC(=O)NCc1ccco1. The molecule has 1 aromatic heterocycles. The highest BCUT2D eigenvalue weighted by Gasteiger charge is 2.07. The van der Waals surface area contributed by atoms with Crippen LogP contribution in [-0.2, 0) is 11.3 Å². The molecule has 0 bridgehead atoms. The van der Waals surface area contributed by atoms with Crippen molar-refractivity contribution in [2.75, 3.05) is 6.54 Å². The van der Waals surface area contributed by atoms with Crippen molar-refractivity contribution in [2.24, 2.45) is 0 Å². The van der Waals surface area contributed by atoms with E-state index in [1.54, 1.807) is 6.26 Å². The maximum Gasteiger partial charge on any atom is 0.221 e. The van der Waals surface area contributed by atoms with Crippen molar-refractivity contribution in [3.63, 3.8) is 0 Å². The van der Waals surface area contributed by atoms with Crippen LogP contribution < -0.4 is 10.6 Å². The molecule has 2 N–H and O–H groups in total. The summed E-state index contributed by atoms with van der Waals surface area (Å²) in [7, 11) is 0. The lowest BCUT2D eigenvalue weighted by molar-refractivity contribution is -0.121. The summed E-state index contributed by atoms with van der Waals surface area (Å²) in [5, 5.41) is 5.99. The van der Waals surface area contributed by atoms with Crippen molar-refractivity contribution in [2.45, 2.75) is 32.9 Å². The number of rotatable bonds is 6. The van der Waals surface area contributed by atoms with Crippen molar-refractivity contribution in [3.8, 4) is 0 Å². The van der Waals surface area contributed by atoms with Gasteiger partial charge in [-0.1, -0.05) is 6.92 Å². The molecule has 0 radical (unpaired) electrons. The van der Waals surface area contributed by atoms with Crippen LogP contribution in [0, 0.1) is 0 Å². The zero-order chi connectivity index (χ0) is 11.1. The van der Waals surface area contributed by atoms with Crippen LogP contribution in [-0.4, -0.2) is 18.5 Å². The molecule has 4 heteroatoms. The first-order valence-corrected chi connectivity index (χ1v) is 5.24. The number of hydrogen-bond donors (Lipinski definition) is 2. The third-order valence-corrected chi connectivity index (χ3v) is 2.08. The van der Waals surface area contributed by atoms with E-state index in [1.807, 2.05) is 26.0 Å². The van der Waals surface area contributed by atoms with Gasteiger partial charge in [0.05, 0.1) is 12.8 Å². The highest BCUT2D eigenvalue weighted by atomic mass is 16.3. The van der Waals surface area contributed by atoms with E-state index < -0.39 is 0 Å². The zero-order valence-electron chi connectivity index (χ0n) is 9.25. The highest BCUT2D eigenvalue weighted by molar-refractivity contribution is 5.76. The molecule has 1 heterocycles. The third-order valence-electron chi connectivity index (χ3n) is 2.08. The van der Waals surface area contributed by atoms with Gasteiger partial charge in [-0.25, -0.2) is 0 Å². The van der Waals surface area contributed by atoms with Crippen LogP contribution in [0.4, 0.5) is 0 Å². The summed E-state index contributed by atoms with van der Waals surface area (Å²) < 4.78 is 5.11. The minimum Gasteiger partial charge on any atom is -0.467 e. The number of amides is 1. The van der Waals surface area contributed by atoms with Gasteiger partial charge < -0.3 is 15.1 Å². The first-order chi connectivity index (χ1) is 7.22. The standard InChI is InChI=1S/C11H18N2O2/c1-3-12-9(2)7-11(14)13-8-10-5-4-6-15-10/h4-6,9,12H,3,7-8H2,1-2H3,(H,13,14). The first-order valence-electron chi connectivity index (χ1n) is 5.24. The Labute approximate surface area is 90.0 Å². The maximum absolute atomic E-state index is 11.4. The summed E-state index contributed by atoms with van der Waals surface area (Å²) in [4.78, 5) is 11.4. The predicted molar refractivity (Wildman–Crippen MR) is 58.3 cm³/mol. The minimum atomic E-state index is 0.0415. The second kappa shape index (κ2) is 6.24. The molecule has 1 unspecified atom stereocenters. The van der Waals surface area contributed by atoms with Crippen molar-refractivity contribution < 1.29 is 9.21 Å². The van der Waals surface area contributed by atoms with E-state index >= 15 is 0 Å². The Hall–Kier alpha value is -1.29. The predicted octanol–water partition coefficient (Wildman–Crippen LogP) is 1.28. The molecule has 1 aromatic rings. The molecule has 0 aliphatic heterocycles. The zero-order valence-corrected chi connectivity index (χ0v) is 9.25.